The van der Waals surface area contributed by atoms with E-state index in [1.807, 2.05) is 0 Å². The van der Waals surface area contributed by atoms with Gasteiger partial charge >= 0.3 is 0 Å². The minimum Gasteiger partial charge on any atom is -0.354 e. The van der Waals surface area contributed by atoms with Crippen LogP contribution in [0.5, 0.6) is 0 Å². The van der Waals surface area contributed by atoms with Crippen LogP contribution in [0, 0.1) is 19.7 Å². The second kappa shape index (κ2) is 12.5. The van der Waals surface area contributed by atoms with Gasteiger partial charge in [-0.1, -0.05) is 54.8 Å². The number of unbranched alkanes of at least 4 members (excludes halogenated alkanes) is 1. The number of carbonyl (C=O) groups excluding carboxylic acids is 2. The van der Waals surface area contributed by atoms with Crippen LogP contribution in [0.15, 0.2) is 42.5 Å². The number of thioether (sulfide) groups is 1. The van der Waals surface area contributed by atoms with E-state index in [-0.39, 0.29) is 29.9 Å². The number of nitrogens with one attached hydrogen (secondary N) is 1. The molecule has 1 N–H and O–H groups in total. The van der Waals surface area contributed by atoms with E-state index in [0.717, 1.165) is 24.2 Å². The second-order valence-corrected chi connectivity index (χ2v) is 8.94. The monoisotopic (exact) mass is 444 g/mol. The van der Waals surface area contributed by atoms with Crippen LogP contribution in [-0.4, -0.2) is 35.1 Å². The molecule has 6 heteroatoms. The lowest BCUT2D eigenvalue weighted by Gasteiger charge is -2.29. The van der Waals surface area contributed by atoms with Gasteiger partial charge in [0.25, 0.3) is 0 Å². The standard InChI is InChI=1S/C25H33FN2O2S/c1-5-6-11-27-25(30)20(4)28(15-21-7-9-23(26)10-8-21)24(29)17-31-16-22-13-18(2)12-19(3)14-22/h7-10,12-14,20H,5-6,11,15-17H2,1-4H3,(H,27,30)/t20-/m1/s1. The van der Waals surface area contributed by atoms with E-state index in [1.165, 1.54) is 28.8 Å². The predicted molar refractivity (Wildman–Crippen MR) is 126 cm³/mol. The number of rotatable bonds is 11. The number of amides is 2. The van der Waals surface area contributed by atoms with Crippen LogP contribution in [-0.2, 0) is 21.9 Å². The highest BCUT2D eigenvalue weighted by molar-refractivity contribution is 7.99. The van der Waals surface area contributed by atoms with Gasteiger partial charge in [0.15, 0.2) is 0 Å². The molecule has 0 unspecified atom stereocenters. The fourth-order valence-electron chi connectivity index (χ4n) is 3.40. The molecule has 0 saturated heterocycles. The van der Waals surface area contributed by atoms with Crippen molar-refractivity contribution in [2.75, 3.05) is 12.3 Å². The van der Waals surface area contributed by atoms with E-state index in [9.17, 15) is 14.0 Å². The van der Waals surface area contributed by atoms with Gasteiger partial charge in [0.05, 0.1) is 5.75 Å². The van der Waals surface area contributed by atoms with Gasteiger partial charge in [-0.15, -0.1) is 11.8 Å². The summed E-state index contributed by atoms with van der Waals surface area (Å²) in [4.78, 5) is 27.3. The Morgan fingerprint density at radius 2 is 1.71 bits per heavy atom. The molecule has 0 fully saturated rings. The Kier molecular flexibility index (Phi) is 10.0. The molecule has 2 rings (SSSR count). The molecule has 0 bridgehead atoms. The first-order chi connectivity index (χ1) is 14.8. The Morgan fingerprint density at radius 3 is 2.32 bits per heavy atom. The van der Waals surface area contributed by atoms with Crippen LogP contribution in [0.4, 0.5) is 4.39 Å². The molecule has 0 aliphatic carbocycles. The maximum atomic E-state index is 13.3. The quantitative estimate of drug-likeness (QED) is 0.496. The summed E-state index contributed by atoms with van der Waals surface area (Å²) < 4.78 is 13.3. The molecular formula is C25H33FN2O2S. The molecule has 0 aromatic heterocycles. The average Bonchev–Trinajstić information content (AvgIpc) is 2.72. The molecule has 0 aliphatic heterocycles. The zero-order chi connectivity index (χ0) is 22.8. The minimum atomic E-state index is -0.601. The lowest BCUT2D eigenvalue weighted by atomic mass is 10.1. The number of carbonyl (C=O) groups is 2. The lowest BCUT2D eigenvalue weighted by Crippen LogP contribution is -2.48. The second-order valence-electron chi connectivity index (χ2n) is 7.96. The molecule has 0 aliphatic rings. The van der Waals surface area contributed by atoms with Gasteiger partial charge in [0, 0.05) is 18.8 Å². The highest BCUT2D eigenvalue weighted by atomic mass is 32.2. The molecule has 1 atom stereocenters. The number of benzene rings is 2. The first-order valence-corrected chi connectivity index (χ1v) is 11.9. The van der Waals surface area contributed by atoms with Crippen molar-refractivity contribution in [3.63, 3.8) is 0 Å². The molecule has 4 nitrogen and oxygen atoms in total. The lowest BCUT2D eigenvalue weighted by molar-refractivity contribution is -0.138. The first-order valence-electron chi connectivity index (χ1n) is 10.8. The van der Waals surface area contributed by atoms with Crippen molar-refractivity contribution < 1.29 is 14.0 Å². The number of hydrogen-bond acceptors (Lipinski definition) is 3. The van der Waals surface area contributed by atoms with E-state index in [1.54, 1.807) is 35.7 Å². The van der Waals surface area contributed by atoms with E-state index < -0.39 is 6.04 Å². The van der Waals surface area contributed by atoms with Crippen molar-refractivity contribution in [1.82, 2.24) is 10.2 Å². The Balaban J connectivity index is 2.05. The minimum absolute atomic E-state index is 0.100. The SMILES string of the molecule is CCCCNC(=O)[C@@H](C)N(Cc1ccc(F)cc1)C(=O)CSCc1cc(C)cc(C)c1. The van der Waals surface area contributed by atoms with Gasteiger partial charge in [-0.05, 0) is 50.5 Å². The van der Waals surface area contributed by atoms with Gasteiger partial charge in [-0.3, -0.25) is 9.59 Å². The van der Waals surface area contributed by atoms with E-state index >= 15 is 0 Å². The fraction of sp³-hybridized carbons (Fsp3) is 0.440. The maximum absolute atomic E-state index is 13.3. The van der Waals surface area contributed by atoms with E-state index in [0.29, 0.717) is 6.54 Å². The Morgan fingerprint density at radius 1 is 1.06 bits per heavy atom. The summed E-state index contributed by atoms with van der Waals surface area (Å²) in [5.41, 5.74) is 4.39. The zero-order valence-corrected chi connectivity index (χ0v) is 19.7. The van der Waals surface area contributed by atoms with Crippen molar-refractivity contribution in [2.24, 2.45) is 0 Å². The summed E-state index contributed by atoms with van der Waals surface area (Å²) in [6, 6.07) is 11.8. The summed E-state index contributed by atoms with van der Waals surface area (Å²) in [6.07, 6.45) is 1.89. The van der Waals surface area contributed by atoms with Gasteiger partial charge in [0.1, 0.15) is 11.9 Å². The van der Waals surface area contributed by atoms with Gasteiger partial charge in [-0.2, -0.15) is 0 Å². The molecular weight excluding hydrogens is 411 g/mol. The normalized spacial score (nSPS) is 11.8. The summed E-state index contributed by atoms with van der Waals surface area (Å²) in [5, 5.41) is 2.91. The first kappa shape index (κ1) is 24.9. The number of nitrogens with zero attached hydrogens (tertiary/aromatic N) is 1. The third-order valence-corrected chi connectivity index (χ3v) is 6.03. The van der Waals surface area contributed by atoms with E-state index in [4.69, 9.17) is 0 Å². The zero-order valence-electron chi connectivity index (χ0n) is 18.9. The van der Waals surface area contributed by atoms with E-state index in [2.05, 4.69) is 44.3 Å². The van der Waals surface area contributed by atoms with Crippen molar-refractivity contribution in [3.05, 3.63) is 70.5 Å². The van der Waals surface area contributed by atoms with Gasteiger partial charge in [-0.25, -0.2) is 4.39 Å². The van der Waals surface area contributed by atoms with Crippen molar-refractivity contribution in [1.29, 1.82) is 0 Å². The highest BCUT2D eigenvalue weighted by Gasteiger charge is 2.25. The Hall–Kier alpha value is -2.34. The summed E-state index contributed by atoms with van der Waals surface area (Å²) in [5.74, 6) is 0.423. The Bertz CT molecular complexity index is 850. The van der Waals surface area contributed by atoms with Gasteiger partial charge < -0.3 is 10.2 Å². The third-order valence-electron chi connectivity index (χ3n) is 5.04. The smallest absolute Gasteiger partial charge is 0.242 e. The van der Waals surface area contributed by atoms with Crippen LogP contribution in [0.2, 0.25) is 0 Å². The molecule has 168 valence electrons. The van der Waals surface area contributed by atoms with Crippen LogP contribution in [0.25, 0.3) is 0 Å². The highest BCUT2D eigenvalue weighted by Crippen LogP contribution is 2.18. The molecule has 31 heavy (non-hydrogen) atoms. The summed E-state index contributed by atoms with van der Waals surface area (Å²) in [7, 11) is 0. The van der Waals surface area contributed by atoms with Crippen LogP contribution >= 0.6 is 11.8 Å². The Labute approximate surface area is 189 Å². The summed E-state index contributed by atoms with van der Waals surface area (Å²) in [6.45, 7) is 8.81. The third kappa shape index (κ3) is 8.37. The molecule has 0 heterocycles. The number of aryl methyl sites for hydroxylation is 2. The number of hydrogen-bond donors (Lipinski definition) is 1. The molecule has 2 amide bonds. The summed E-state index contributed by atoms with van der Waals surface area (Å²) >= 11 is 1.54. The molecule has 2 aromatic rings. The largest absolute Gasteiger partial charge is 0.354 e. The topological polar surface area (TPSA) is 49.4 Å². The maximum Gasteiger partial charge on any atom is 0.242 e. The van der Waals surface area contributed by atoms with Crippen molar-refractivity contribution >= 4 is 23.6 Å². The molecule has 0 spiro atoms. The number of halogens is 1. The van der Waals surface area contributed by atoms with Crippen molar-refractivity contribution in [2.45, 2.75) is 58.9 Å². The molecule has 2 aromatic carbocycles. The fourth-order valence-corrected chi connectivity index (χ4v) is 4.24. The molecule has 0 saturated carbocycles. The van der Waals surface area contributed by atoms with Crippen molar-refractivity contribution in [3.8, 4) is 0 Å². The molecule has 0 radical (unpaired) electrons. The van der Waals surface area contributed by atoms with Crippen LogP contribution in [0.1, 0.15) is 48.9 Å². The van der Waals surface area contributed by atoms with Gasteiger partial charge in [0.2, 0.25) is 11.8 Å². The van der Waals surface area contributed by atoms with Crippen LogP contribution < -0.4 is 5.32 Å². The average molecular weight is 445 g/mol. The predicted octanol–water partition coefficient (Wildman–Crippen LogP) is 5.01. The van der Waals surface area contributed by atoms with Crippen LogP contribution in [0.3, 0.4) is 0 Å².